The van der Waals surface area contributed by atoms with Gasteiger partial charge in [0.25, 0.3) is 0 Å². The summed E-state index contributed by atoms with van der Waals surface area (Å²) in [5.41, 5.74) is 1.16. The van der Waals surface area contributed by atoms with E-state index < -0.39 is 0 Å². The van der Waals surface area contributed by atoms with E-state index in [0.29, 0.717) is 12.5 Å². The third-order valence-electron chi connectivity index (χ3n) is 3.37. The summed E-state index contributed by atoms with van der Waals surface area (Å²) in [6, 6.07) is 2.08. The van der Waals surface area contributed by atoms with Gasteiger partial charge in [0.1, 0.15) is 6.54 Å². The minimum Gasteiger partial charge on any atom is -0.356 e. The summed E-state index contributed by atoms with van der Waals surface area (Å²) in [6.45, 7) is 5.96. The Morgan fingerprint density at radius 2 is 2.04 bits per heavy atom. The van der Waals surface area contributed by atoms with Crippen molar-refractivity contribution in [3.05, 3.63) is 22.4 Å². The monoisotopic (exact) mass is 385 g/mol. The Hall–Kier alpha value is -1.50. The highest BCUT2D eigenvalue weighted by Crippen LogP contribution is 2.15. The summed E-state index contributed by atoms with van der Waals surface area (Å²) in [4.78, 5) is 19.8. The molecule has 0 radical (unpaired) electrons. The van der Waals surface area contributed by atoms with Crippen LogP contribution in [-0.2, 0) is 18.4 Å². The first kappa shape index (κ1) is 19.5. The van der Waals surface area contributed by atoms with E-state index in [1.165, 1.54) is 0 Å². The van der Waals surface area contributed by atoms with Crippen LogP contribution in [0.2, 0.25) is 0 Å². The van der Waals surface area contributed by atoms with Crippen molar-refractivity contribution in [3.8, 4) is 0 Å². The normalized spacial score (nSPS) is 11.7. The molecule has 0 atom stereocenters. The Kier molecular flexibility index (Phi) is 7.61. The molecule has 0 aliphatic carbocycles. The minimum absolute atomic E-state index is 0.0103. The quantitative estimate of drug-likeness (QED) is 0.600. The predicted molar refractivity (Wildman–Crippen MR) is 98.4 cm³/mol. The van der Waals surface area contributed by atoms with Crippen LogP contribution >= 0.6 is 15.9 Å². The van der Waals surface area contributed by atoms with Gasteiger partial charge in [0.15, 0.2) is 5.96 Å². The van der Waals surface area contributed by atoms with Gasteiger partial charge in [-0.25, -0.2) is 4.99 Å². The van der Waals surface area contributed by atoms with E-state index in [1.807, 2.05) is 25.2 Å². The number of amides is 1. The molecular formula is C16H28BrN5O. The van der Waals surface area contributed by atoms with Crippen LogP contribution < -0.4 is 5.32 Å². The fraction of sp³-hybridized carbons (Fsp3) is 0.625. The molecule has 7 heteroatoms. The summed E-state index contributed by atoms with van der Waals surface area (Å²) in [7, 11) is 7.48. The summed E-state index contributed by atoms with van der Waals surface area (Å²) >= 11 is 3.49. The van der Waals surface area contributed by atoms with Gasteiger partial charge in [0.2, 0.25) is 5.91 Å². The third-order valence-corrected chi connectivity index (χ3v) is 3.80. The molecule has 0 aliphatic heterocycles. The summed E-state index contributed by atoms with van der Waals surface area (Å²) in [6.07, 6.45) is 2.02. The van der Waals surface area contributed by atoms with Crippen LogP contribution in [0.15, 0.2) is 21.7 Å². The largest absolute Gasteiger partial charge is 0.356 e. The van der Waals surface area contributed by atoms with Crippen molar-refractivity contribution in [2.75, 3.05) is 34.2 Å². The average Bonchev–Trinajstić information content (AvgIpc) is 2.75. The van der Waals surface area contributed by atoms with Gasteiger partial charge in [0.05, 0.1) is 6.54 Å². The maximum atomic E-state index is 11.8. The lowest BCUT2D eigenvalue weighted by Gasteiger charge is -2.23. The number of aryl methyl sites for hydroxylation is 1. The van der Waals surface area contributed by atoms with E-state index in [1.54, 1.807) is 19.0 Å². The number of hydrogen-bond donors (Lipinski definition) is 1. The van der Waals surface area contributed by atoms with Gasteiger partial charge in [-0.3, -0.25) is 4.79 Å². The zero-order chi connectivity index (χ0) is 17.6. The molecule has 0 aromatic carbocycles. The van der Waals surface area contributed by atoms with Crippen LogP contribution in [0, 0.1) is 5.92 Å². The molecule has 0 bridgehead atoms. The molecule has 130 valence electrons. The standard InChI is InChI=1S/C16H28BrN5O/c1-12(2)8-18-16(19-9-15(23)20(3)4)22(6)11-14-7-13(17)10-21(14)5/h7,10,12H,8-9,11H2,1-6H3,(H,18,19). The predicted octanol–water partition coefficient (Wildman–Crippen LogP) is 1.91. The van der Waals surface area contributed by atoms with E-state index >= 15 is 0 Å². The topological polar surface area (TPSA) is 52.9 Å². The van der Waals surface area contributed by atoms with Crippen molar-refractivity contribution >= 4 is 27.8 Å². The highest BCUT2D eigenvalue weighted by molar-refractivity contribution is 9.10. The van der Waals surface area contributed by atoms with Crippen LogP contribution in [0.4, 0.5) is 0 Å². The fourth-order valence-corrected chi connectivity index (χ4v) is 2.50. The maximum absolute atomic E-state index is 11.8. The minimum atomic E-state index is -0.0103. The van der Waals surface area contributed by atoms with Gasteiger partial charge in [0, 0.05) is 51.1 Å². The van der Waals surface area contributed by atoms with Crippen LogP contribution in [-0.4, -0.2) is 60.5 Å². The smallest absolute Gasteiger partial charge is 0.243 e. The van der Waals surface area contributed by atoms with Crippen molar-refractivity contribution in [2.24, 2.45) is 18.0 Å². The van der Waals surface area contributed by atoms with Crippen molar-refractivity contribution in [2.45, 2.75) is 20.4 Å². The second-order valence-electron chi connectivity index (χ2n) is 6.32. The highest BCUT2D eigenvalue weighted by Gasteiger charge is 2.12. The molecule has 0 spiro atoms. The van der Waals surface area contributed by atoms with E-state index in [-0.39, 0.29) is 12.5 Å². The van der Waals surface area contributed by atoms with E-state index in [4.69, 9.17) is 0 Å². The van der Waals surface area contributed by atoms with Crippen LogP contribution in [0.3, 0.4) is 0 Å². The molecule has 1 aromatic rings. The Morgan fingerprint density at radius 3 is 2.52 bits per heavy atom. The zero-order valence-electron chi connectivity index (χ0n) is 14.9. The lowest BCUT2D eigenvalue weighted by Crippen LogP contribution is -2.41. The molecule has 0 aliphatic rings. The Bertz CT molecular complexity index is 551. The molecular weight excluding hydrogens is 358 g/mol. The lowest BCUT2D eigenvalue weighted by molar-refractivity contribution is -0.127. The molecule has 1 heterocycles. The highest BCUT2D eigenvalue weighted by atomic mass is 79.9. The summed E-state index contributed by atoms with van der Waals surface area (Å²) < 4.78 is 3.13. The number of aliphatic imine (C=N–C) groups is 1. The second-order valence-corrected chi connectivity index (χ2v) is 7.24. The molecule has 1 N–H and O–H groups in total. The Morgan fingerprint density at radius 1 is 1.39 bits per heavy atom. The number of carbonyl (C=O) groups excluding carboxylic acids is 1. The molecule has 0 unspecified atom stereocenters. The fourth-order valence-electron chi connectivity index (χ4n) is 1.93. The van der Waals surface area contributed by atoms with Crippen molar-refractivity contribution in [1.82, 2.24) is 19.7 Å². The number of hydrogen-bond acceptors (Lipinski definition) is 2. The van der Waals surface area contributed by atoms with E-state index in [2.05, 4.69) is 50.7 Å². The van der Waals surface area contributed by atoms with Gasteiger partial charge in [-0.05, 0) is 27.9 Å². The number of carbonyl (C=O) groups is 1. The molecule has 0 saturated carbocycles. The third kappa shape index (κ3) is 6.64. The van der Waals surface area contributed by atoms with Gasteiger partial charge in [-0.1, -0.05) is 13.8 Å². The Labute approximate surface area is 147 Å². The molecule has 1 aromatic heterocycles. The van der Waals surface area contributed by atoms with Crippen LogP contribution in [0.25, 0.3) is 0 Å². The van der Waals surface area contributed by atoms with E-state index in [9.17, 15) is 4.79 Å². The molecule has 23 heavy (non-hydrogen) atoms. The molecule has 1 amide bonds. The number of nitrogens with zero attached hydrogens (tertiary/aromatic N) is 4. The van der Waals surface area contributed by atoms with Crippen molar-refractivity contribution in [1.29, 1.82) is 0 Å². The first-order valence-corrected chi connectivity index (χ1v) is 8.50. The molecule has 0 fully saturated rings. The molecule has 6 nitrogen and oxygen atoms in total. The number of guanidine groups is 1. The number of rotatable bonds is 6. The second kappa shape index (κ2) is 8.96. The first-order valence-electron chi connectivity index (χ1n) is 7.71. The number of nitrogens with one attached hydrogen (secondary N) is 1. The molecule has 0 saturated heterocycles. The molecule has 1 rings (SSSR count). The SMILES string of the molecule is CC(C)CNC(=NCC(=O)N(C)C)N(C)Cc1cc(Br)cn1C. The van der Waals surface area contributed by atoms with E-state index in [0.717, 1.165) is 22.7 Å². The van der Waals surface area contributed by atoms with Gasteiger partial charge in [-0.2, -0.15) is 0 Å². The first-order chi connectivity index (χ1) is 10.7. The van der Waals surface area contributed by atoms with Gasteiger partial charge >= 0.3 is 0 Å². The maximum Gasteiger partial charge on any atom is 0.243 e. The summed E-state index contributed by atoms with van der Waals surface area (Å²) in [5, 5.41) is 3.34. The van der Waals surface area contributed by atoms with Crippen molar-refractivity contribution in [3.63, 3.8) is 0 Å². The Balaban J connectivity index is 2.82. The van der Waals surface area contributed by atoms with Crippen LogP contribution in [0.5, 0.6) is 0 Å². The van der Waals surface area contributed by atoms with Crippen molar-refractivity contribution < 1.29 is 4.79 Å². The van der Waals surface area contributed by atoms with Gasteiger partial charge < -0.3 is 19.7 Å². The summed E-state index contributed by atoms with van der Waals surface area (Å²) in [5.74, 6) is 1.23. The number of likely N-dealkylation sites (N-methyl/N-ethyl adjacent to an activating group) is 1. The zero-order valence-corrected chi connectivity index (χ0v) is 16.5. The van der Waals surface area contributed by atoms with Crippen LogP contribution in [0.1, 0.15) is 19.5 Å². The van der Waals surface area contributed by atoms with Gasteiger partial charge in [-0.15, -0.1) is 0 Å². The number of aromatic nitrogens is 1. The lowest BCUT2D eigenvalue weighted by atomic mass is 10.2. The average molecular weight is 386 g/mol. The number of halogens is 1.